The SMILES string of the molecule is COc1ccc(OC)c(CNCCc2ccc([N+](=O)[O-])cc2)c1. The van der Waals surface area contributed by atoms with E-state index in [9.17, 15) is 10.1 Å². The Morgan fingerprint density at radius 3 is 2.43 bits per heavy atom. The van der Waals surface area contributed by atoms with Crippen LogP contribution in [0.3, 0.4) is 0 Å². The van der Waals surface area contributed by atoms with E-state index in [1.165, 1.54) is 12.1 Å². The molecule has 23 heavy (non-hydrogen) atoms. The summed E-state index contributed by atoms with van der Waals surface area (Å²) in [6.07, 6.45) is 0.796. The summed E-state index contributed by atoms with van der Waals surface area (Å²) in [5.41, 5.74) is 2.19. The van der Waals surface area contributed by atoms with Crippen molar-refractivity contribution in [2.24, 2.45) is 0 Å². The van der Waals surface area contributed by atoms with E-state index >= 15 is 0 Å². The number of nitro groups is 1. The van der Waals surface area contributed by atoms with Crippen LogP contribution in [0, 0.1) is 10.1 Å². The van der Waals surface area contributed by atoms with Crippen LogP contribution in [0.1, 0.15) is 11.1 Å². The van der Waals surface area contributed by atoms with Gasteiger partial charge in [0.1, 0.15) is 11.5 Å². The van der Waals surface area contributed by atoms with Crippen LogP contribution in [0.2, 0.25) is 0 Å². The lowest BCUT2D eigenvalue weighted by Crippen LogP contribution is -2.17. The molecule has 0 atom stereocenters. The molecule has 0 spiro atoms. The molecule has 0 saturated heterocycles. The van der Waals surface area contributed by atoms with Gasteiger partial charge in [0, 0.05) is 24.2 Å². The van der Waals surface area contributed by atoms with Crippen LogP contribution >= 0.6 is 0 Å². The van der Waals surface area contributed by atoms with Crippen molar-refractivity contribution >= 4 is 5.69 Å². The number of ether oxygens (including phenoxy) is 2. The largest absolute Gasteiger partial charge is 0.497 e. The van der Waals surface area contributed by atoms with Gasteiger partial charge in [0.15, 0.2) is 0 Å². The van der Waals surface area contributed by atoms with E-state index in [-0.39, 0.29) is 5.69 Å². The van der Waals surface area contributed by atoms with Crippen LogP contribution < -0.4 is 14.8 Å². The van der Waals surface area contributed by atoms with Crippen molar-refractivity contribution in [1.29, 1.82) is 0 Å². The molecule has 2 aromatic carbocycles. The first-order chi connectivity index (χ1) is 11.1. The number of nitrogens with one attached hydrogen (secondary N) is 1. The first-order valence-corrected chi connectivity index (χ1v) is 7.29. The zero-order valence-electron chi connectivity index (χ0n) is 13.2. The number of hydrogen-bond donors (Lipinski definition) is 1. The van der Waals surface area contributed by atoms with Gasteiger partial charge < -0.3 is 14.8 Å². The molecule has 0 aromatic heterocycles. The summed E-state index contributed by atoms with van der Waals surface area (Å²) >= 11 is 0. The van der Waals surface area contributed by atoms with Gasteiger partial charge in [0.05, 0.1) is 19.1 Å². The molecule has 2 aromatic rings. The van der Waals surface area contributed by atoms with Crippen LogP contribution in [0.5, 0.6) is 11.5 Å². The highest BCUT2D eigenvalue weighted by molar-refractivity contribution is 5.40. The van der Waals surface area contributed by atoms with Crippen LogP contribution in [-0.2, 0) is 13.0 Å². The molecule has 0 radical (unpaired) electrons. The van der Waals surface area contributed by atoms with Crippen molar-refractivity contribution in [1.82, 2.24) is 5.32 Å². The summed E-state index contributed by atoms with van der Waals surface area (Å²) in [5.74, 6) is 1.60. The van der Waals surface area contributed by atoms with Gasteiger partial charge in [-0.25, -0.2) is 0 Å². The van der Waals surface area contributed by atoms with E-state index in [0.717, 1.165) is 35.6 Å². The van der Waals surface area contributed by atoms with Crippen molar-refractivity contribution in [2.45, 2.75) is 13.0 Å². The zero-order chi connectivity index (χ0) is 16.7. The normalized spacial score (nSPS) is 10.3. The molecular formula is C17H20N2O4. The summed E-state index contributed by atoms with van der Waals surface area (Å²) < 4.78 is 10.6. The molecule has 0 fully saturated rings. The molecule has 2 rings (SSSR count). The lowest BCUT2D eigenvalue weighted by atomic mass is 10.1. The van der Waals surface area contributed by atoms with Gasteiger partial charge in [-0.3, -0.25) is 10.1 Å². The lowest BCUT2D eigenvalue weighted by Gasteiger charge is -2.11. The number of hydrogen-bond acceptors (Lipinski definition) is 5. The second kappa shape index (κ2) is 8.14. The molecule has 1 N–H and O–H groups in total. The second-order valence-electron chi connectivity index (χ2n) is 5.03. The zero-order valence-corrected chi connectivity index (χ0v) is 13.2. The van der Waals surface area contributed by atoms with Crippen molar-refractivity contribution in [3.63, 3.8) is 0 Å². The van der Waals surface area contributed by atoms with Crippen LogP contribution in [0.4, 0.5) is 5.69 Å². The number of methoxy groups -OCH3 is 2. The second-order valence-corrected chi connectivity index (χ2v) is 5.03. The van der Waals surface area contributed by atoms with Crippen molar-refractivity contribution in [3.05, 3.63) is 63.7 Å². The molecule has 0 bridgehead atoms. The third kappa shape index (κ3) is 4.69. The summed E-state index contributed by atoms with van der Waals surface area (Å²) in [5, 5.41) is 14.0. The van der Waals surface area contributed by atoms with E-state index in [2.05, 4.69) is 5.32 Å². The molecular weight excluding hydrogens is 296 g/mol. The molecule has 0 aliphatic carbocycles. The minimum atomic E-state index is -0.392. The van der Waals surface area contributed by atoms with Crippen LogP contribution in [0.15, 0.2) is 42.5 Å². The van der Waals surface area contributed by atoms with Gasteiger partial charge in [-0.2, -0.15) is 0 Å². The smallest absolute Gasteiger partial charge is 0.269 e. The topological polar surface area (TPSA) is 73.6 Å². The fraction of sp³-hybridized carbons (Fsp3) is 0.294. The number of non-ortho nitro benzene ring substituents is 1. The van der Waals surface area contributed by atoms with Crippen LogP contribution in [-0.4, -0.2) is 25.7 Å². The molecule has 0 saturated carbocycles. The minimum Gasteiger partial charge on any atom is -0.497 e. The van der Waals surface area contributed by atoms with E-state index in [4.69, 9.17) is 9.47 Å². The molecule has 0 unspecified atom stereocenters. The number of benzene rings is 2. The number of rotatable bonds is 8. The average Bonchev–Trinajstić information content (AvgIpc) is 2.58. The fourth-order valence-corrected chi connectivity index (χ4v) is 2.26. The van der Waals surface area contributed by atoms with E-state index < -0.39 is 4.92 Å². The Hall–Kier alpha value is -2.60. The van der Waals surface area contributed by atoms with E-state index in [1.807, 2.05) is 18.2 Å². The Morgan fingerprint density at radius 2 is 1.83 bits per heavy atom. The van der Waals surface area contributed by atoms with E-state index in [1.54, 1.807) is 26.4 Å². The monoisotopic (exact) mass is 316 g/mol. The maximum Gasteiger partial charge on any atom is 0.269 e. The number of nitro benzene ring substituents is 1. The first kappa shape index (κ1) is 16.8. The third-order valence-corrected chi connectivity index (χ3v) is 3.54. The minimum absolute atomic E-state index is 0.114. The number of nitrogens with zero attached hydrogens (tertiary/aromatic N) is 1. The highest BCUT2D eigenvalue weighted by Gasteiger charge is 2.06. The molecule has 122 valence electrons. The third-order valence-electron chi connectivity index (χ3n) is 3.54. The quantitative estimate of drug-likeness (QED) is 0.460. The predicted octanol–water partition coefficient (Wildman–Crippen LogP) is 2.94. The Labute approximate surface area is 135 Å². The predicted molar refractivity (Wildman–Crippen MR) is 88.1 cm³/mol. The highest BCUT2D eigenvalue weighted by atomic mass is 16.6. The summed E-state index contributed by atoms with van der Waals surface area (Å²) in [6.45, 7) is 1.42. The maximum atomic E-state index is 10.6. The van der Waals surface area contributed by atoms with Crippen molar-refractivity contribution in [2.75, 3.05) is 20.8 Å². The molecule has 6 heteroatoms. The van der Waals surface area contributed by atoms with Crippen LogP contribution in [0.25, 0.3) is 0 Å². The Morgan fingerprint density at radius 1 is 1.09 bits per heavy atom. The summed E-state index contributed by atoms with van der Waals surface area (Å²) in [6, 6.07) is 12.3. The lowest BCUT2D eigenvalue weighted by molar-refractivity contribution is -0.384. The van der Waals surface area contributed by atoms with Crippen molar-refractivity contribution in [3.8, 4) is 11.5 Å². The standard InChI is InChI=1S/C17H20N2O4/c1-22-16-7-8-17(23-2)14(11-16)12-18-10-9-13-3-5-15(6-4-13)19(20)21/h3-8,11,18H,9-10,12H2,1-2H3. The van der Waals surface area contributed by atoms with Crippen molar-refractivity contribution < 1.29 is 14.4 Å². The summed E-state index contributed by atoms with van der Waals surface area (Å²) in [4.78, 5) is 10.2. The summed E-state index contributed by atoms with van der Waals surface area (Å²) in [7, 11) is 3.27. The Bertz CT molecular complexity index is 656. The van der Waals surface area contributed by atoms with Gasteiger partial charge in [-0.15, -0.1) is 0 Å². The molecule has 0 amide bonds. The van der Waals surface area contributed by atoms with Gasteiger partial charge in [0.25, 0.3) is 5.69 Å². The molecule has 0 aliphatic heterocycles. The fourth-order valence-electron chi connectivity index (χ4n) is 2.26. The first-order valence-electron chi connectivity index (χ1n) is 7.29. The molecule has 0 aliphatic rings. The molecule has 6 nitrogen and oxygen atoms in total. The van der Waals surface area contributed by atoms with Gasteiger partial charge in [0.2, 0.25) is 0 Å². The maximum absolute atomic E-state index is 10.6. The van der Waals surface area contributed by atoms with Gasteiger partial charge >= 0.3 is 0 Å². The van der Waals surface area contributed by atoms with Gasteiger partial charge in [-0.05, 0) is 36.7 Å². The highest BCUT2D eigenvalue weighted by Crippen LogP contribution is 2.23. The molecule has 0 heterocycles. The van der Waals surface area contributed by atoms with Gasteiger partial charge in [-0.1, -0.05) is 12.1 Å². The Balaban J connectivity index is 1.86. The average molecular weight is 316 g/mol. The van der Waals surface area contributed by atoms with E-state index in [0.29, 0.717) is 6.54 Å². The Kier molecular flexibility index (Phi) is 5.94.